The van der Waals surface area contributed by atoms with Gasteiger partial charge in [0.1, 0.15) is 0 Å². The predicted octanol–water partition coefficient (Wildman–Crippen LogP) is 1.000. The quantitative estimate of drug-likeness (QED) is 0.442. The second kappa shape index (κ2) is 172. The minimum absolute atomic E-state index is 0. The van der Waals surface area contributed by atoms with Crippen LogP contribution in [0.4, 0.5) is 0 Å². The van der Waals surface area contributed by atoms with Gasteiger partial charge in [0.2, 0.25) is 0 Å². The normalized spacial score (nSPS) is 3.69. The number of hydrogen-bond acceptors (Lipinski definition) is 12. The molecule has 12 nitrogen and oxygen atoms in total. The van der Waals surface area contributed by atoms with Crippen molar-refractivity contribution in [3.05, 3.63) is 40.5 Å². The molecule has 0 aromatic rings. The van der Waals surface area contributed by atoms with E-state index in [9.17, 15) is 0 Å². The van der Waals surface area contributed by atoms with Crippen molar-refractivity contribution in [3.8, 4) is 0 Å². The molecule has 0 aromatic carbocycles. The van der Waals surface area contributed by atoms with Crippen molar-refractivity contribution >= 4 is 0 Å². The second-order valence-corrected chi connectivity index (χ2v) is 0.298. The molecule has 13 heavy (non-hydrogen) atoms. The van der Waals surface area contributed by atoms with Gasteiger partial charge in [0.15, 0.2) is 0 Å². The molecule has 0 N–H and O–H groups in total. The van der Waals surface area contributed by atoms with Gasteiger partial charge >= 0.3 is 0 Å². The van der Waals surface area contributed by atoms with Crippen LogP contribution in [0.25, 0.3) is 0 Å². The molecule has 0 saturated carbocycles. The Balaban J connectivity index is -0.0000000213. The number of hydrogen-bond donors (Lipinski definition) is 0. The van der Waals surface area contributed by atoms with Gasteiger partial charge in [0, 0.05) is 20.4 Å². The summed E-state index contributed by atoms with van der Waals surface area (Å²) in [6.45, 7) is 0. The van der Waals surface area contributed by atoms with Crippen molar-refractivity contribution < 1.29 is 20.4 Å². The molecule has 1 radical (unpaired) electrons. The van der Waals surface area contributed by atoms with E-state index in [1.165, 1.54) is 0 Å². The molecule has 0 fully saturated rings. The van der Waals surface area contributed by atoms with E-state index in [0.29, 0.717) is 0 Å². The van der Waals surface area contributed by atoms with E-state index in [1.807, 2.05) is 0 Å². The zero-order valence-electron chi connectivity index (χ0n) is 5.43. The summed E-state index contributed by atoms with van der Waals surface area (Å²) >= 11 is 0. The fourth-order valence-corrected chi connectivity index (χ4v) is 0. The van der Waals surface area contributed by atoms with Crippen LogP contribution in [-0.4, -0.2) is 0 Å². The topological polar surface area (TPSA) is 210 Å². The Morgan fingerprint density at radius 2 is 0.538 bits per heavy atom. The van der Waals surface area contributed by atoms with Crippen LogP contribution in [0.1, 0.15) is 0 Å². The SMILES string of the molecule is O=N[O-].O=N[O-].O=N[O-].O=N[O-].[Re]. The third-order valence-corrected chi connectivity index (χ3v) is 0. The number of rotatable bonds is 0. The molecular formula is N4O8Re-4. The molecule has 0 aromatic heterocycles. The maximum absolute atomic E-state index is 8.00. The van der Waals surface area contributed by atoms with Gasteiger partial charge in [-0.25, -0.2) is 0 Å². The van der Waals surface area contributed by atoms with Crippen LogP contribution < -0.4 is 0 Å². The van der Waals surface area contributed by atoms with E-state index in [-0.39, 0.29) is 20.4 Å². The van der Waals surface area contributed by atoms with Crippen LogP contribution in [0.15, 0.2) is 21.4 Å². The summed E-state index contributed by atoms with van der Waals surface area (Å²) < 4.78 is 0. The van der Waals surface area contributed by atoms with E-state index in [4.69, 9.17) is 40.5 Å². The van der Waals surface area contributed by atoms with Gasteiger partial charge in [-0.1, -0.05) is 0 Å². The first-order valence-electron chi connectivity index (χ1n) is 1.46. The van der Waals surface area contributed by atoms with Crippen LogP contribution in [-0.2, 0) is 20.4 Å². The smallest absolute Gasteiger partial charge is 0 e. The maximum Gasteiger partial charge on any atom is 0 e. The van der Waals surface area contributed by atoms with Gasteiger partial charge in [0.25, 0.3) is 0 Å². The Morgan fingerprint density at radius 1 is 0.538 bits per heavy atom. The van der Waals surface area contributed by atoms with Gasteiger partial charge in [-0.3, -0.25) is 0 Å². The van der Waals surface area contributed by atoms with E-state index in [0.717, 1.165) is 21.4 Å². The Bertz CT molecular complexity index is 70.1. The van der Waals surface area contributed by atoms with Crippen molar-refractivity contribution in [2.24, 2.45) is 21.4 Å². The summed E-state index contributed by atoms with van der Waals surface area (Å²) in [5.74, 6) is 0. The third kappa shape index (κ3) is 232. The van der Waals surface area contributed by atoms with Crippen LogP contribution in [0.2, 0.25) is 0 Å². The molecule has 0 unspecified atom stereocenters. The average Bonchev–Trinajstić information content (AvgIpc) is 1.92. The Hall–Kier alpha value is -1.74. The van der Waals surface area contributed by atoms with Gasteiger partial charge in [-0.05, 0) is 0 Å². The molecule has 0 aliphatic heterocycles. The summed E-state index contributed by atoms with van der Waals surface area (Å²) in [7, 11) is 0. The van der Waals surface area contributed by atoms with Crippen molar-refractivity contribution in [1.82, 2.24) is 0 Å². The number of nitrogens with zero attached hydrogens (tertiary/aromatic N) is 4. The minimum Gasteiger partial charge on any atom is -0.444 e. The molecule has 0 rings (SSSR count). The zero-order chi connectivity index (χ0) is 10.8. The molecule has 0 aliphatic carbocycles. The van der Waals surface area contributed by atoms with Crippen LogP contribution in [0.5, 0.6) is 0 Å². The maximum atomic E-state index is 8.00. The largest absolute Gasteiger partial charge is 0.444 e. The fourth-order valence-electron chi connectivity index (χ4n) is 0. The van der Waals surface area contributed by atoms with Crippen molar-refractivity contribution in [3.63, 3.8) is 0 Å². The Morgan fingerprint density at radius 3 is 0.538 bits per heavy atom. The zero-order valence-corrected chi connectivity index (χ0v) is 8.15. The first-order valence-corrected chi connectivity index (χ1v) is 1.46. The molecule has 0 atom stereocenters. The summed E-state index contributed by atoms with van der Waals surface area (Å²) in [6.07, 6.45) is 0. The third-order valence-electron chi connectivity index (χ3n) is 0. The standard InChI is InChI=1S/4HNO2.Re/c4*2-1-3;/h4*(H,2,3);/p-4. The van der Waals surface area contributed by atoms with Gasteiger partial charge < -0.3 is 40.5 Å². The van der Waals surface area contributed by atoms with Gasteiger partial charge in [0.05, 0.1) is 0 Å². The first-order chi connectivity index (χ1) is 5.66. The molecule has 0 heterocycles. The molecule has 0 bridgehead atoms. The van der Waals surface area contributed by atoms with Crippen molar-refractivity contribution in [2.75, 3.05) is 0 Å². The summed E-state index contributed by atoms with van der Waals surface area (Å²) in [5, 5.41) is 36.0. The molecule has 0 amide bonds. The monoisotopic (exact) mass is 371 g/mol. The molecule has 0 aliphatic rings. The van der Waals surface area contributed by atoms with Crippen LogP contribution in [0, 0.1) is 40.5 Å². The van der Waals surface area contributed by atoms with Crippen molar-refractivity contribution in [1.29, 1.82) is 0 Å². The van der Waals surface area contributed by atoms with Gasteiger partial charge in [-0.15, -0.1) is 21.4 Å². The van der Waals surface area contributed by atoms with E-state index in [1.54, 1.807) is 0 Å². The minimum atomic E-state index is 0. The van der Waals surface area contributed by atoms with Crippen LogP contribution >= 0.6 is 0 Å². The predicted molar refractivity (Wildman–Crippen MR) is 36.6 cm³/mol. The second-order valence-electron chi connectivity index (χ2n) is 0.298. The van der Waals surface area contributed by atoms with E-state index in [2.05, 4.69) is 0 Å². The Kier molecular flexibility index (Phi) is 400. The molecule has 0 spiro atoms. The van der Waals surface area contributed by atoms with E-state index < -0.39 is 0 Å². The summed E-state index contributed by atoms with van der Waals surface area (Å²) in [6, 6.07) is 0. The summed E-state index contributed by atoms with van der Waals surface area (Å²) in [5.41, 5.74) is 0. The summed E-state index contributed by atoms with van der Waals surface area (Å²) in [4.78, 5) is 32.0. The van der Waals surface area contributed by atoms with E-state index >= 15 is 0 Å². The molecular weight excluding hydrogens is 370 g/mol. The van der Waals surface area contributed by atoms with Crippen molar-refractivity contribution in [2.45, 2.75) is 0 Å². The fraction of sp³-hybridized carbons (Fsp3) is 0. The van der Waals surface area contributed by atoms with Crippen LogP contribution in [0.3, 0.4) is 0 Å². The Labute approximate surface area is 82.9 Å². The average molecular weight is 370 g/mol. The first kappa shape index (κ1) is 30.2. The molecule has 0 saturated heterocycles. The molecule has 79 valence electrons. The van der Waals surface area contributed by atoms with Gasteiger partial charge in [-0.2, -0.15) is 0 Å². The molecule has 13 heteroatoms.